The molecule has 0 bridgehead atoms. The molecule has 1 aliphatic heterocycles. The Morgan fingerprint density at radius 1 is 1.29 bits per heavy atom. The normalized spacial score (nSPS) is 17.2. The van der Waals surface area contributed by atoms with Gasteiger partial charge < -0.3 is 5.32 Å². The van der Waals surface area contributed by atoms with Crippen molar-refractivity contribution in [1.29, 1.82) is 0 Å². The molecule has 1 aromatic carbocycles. The molecule has 0 atom stereocenters. The zero-order valence-corrected chi connectivity index (χ0v) is 16.0. The molecule has 0 aromatic heterocycles. The number of piperidine rings is 1. The summed E-state index contributed by atoms with van der Waals surface area (Å²) in [6, 6.07) is 4.75. The van der Waals surface area contributed by atoms with Crippen molar-refractivity contribution in [3.8, 4) is 0 Å². The molecule has 1 N–H and O–H groups in total. The Morgan fingerprint density at radius 2 is 1.92 bits per heavy atom. The summed E-state index contributed by atoms with van der Waals surface area (Å²) in [5.74, 6) is -0.0358. The first kappa shape index (κ1) is 19.5. The molecule has 6 nitrogen and oxygen atoms in total. The maximum atomic E-state index is 12.2. The first-order valence-electron chi connectivity index (χ1n) is 7.62. The average molecular weight is 394 g/mol. The summed E-state index contributed by atoms with van der Waals surface area (Å²) in [4.78, 5) is 12.2. The Balaban J connectivity index is 1.87. The highest BCUT2D eigenvalue weighted by Crippen LogP contribution is 2.22. The van der Waals surface area contributed by atoms with Gasteiger partial charge in [0.25, 0.3) is 16.1 Å². The van der Waals surface area contributed by atoms with Gasteiger partial charge in [0.1, 0.15) is 0 Å². The van der Waals surface area contributed by atoms with Crippen LogP contribution in [-0.4, -0.2) is 56.7 Å². The molecule has 9 heteroatoms. The highest BCUT2D eigenvalue weighted by Gasteiger charge is 2.29. The lowest BCUT2D eigenvalue weighted by atomic mass is 9.98. The summed E-state index contributed by atoms with van der Waals surface area (Å²) in [7, 11) is -0.312. The maximum absolute atomic E-state index is 12.2. The van der Waals surface area contributed by atoms with Crippen molar-refractivity contribution in [3.63, 3.8) is 0 Å². The number of carbonyl (C=O) groups excluding carboxylic acids is 1. The minimum atomic E-state index is -3.36. The number of hydrogen-bond acceptors (Lipinski definition) is 3. The second kappa shape index (κ2) is 8.01. The zero-order valence-electron chi connectivity index (χ0n) is 13.6. The molecule has 24 heavy (non-hydrogen) atoms. The molecule has 1 heterocycles. The second-order valence-corrected chi connectivity index (χ2v) is 8.95. The quantitative estimate of drug-likeness (QED) is 0.833. The highest BCUT2D eigenvalue weighted by atomic mass is 35.5. The van der Waals surface area contributed by atoms with Crippen LogP contribution in [0.1, 0.15) is 23.2 Å². The van der Waals surface area contributed by atoms with Crippen LogP contribution in [-0.2, 0) is 10.2 Å². The van der Waals surface area contributed by atoms with E-state index in [4.69, 9.17) is 23.2 Å². The van der Waals surface area contributed by atoms with Crippen LogP contribution in [0.5, 0.6) is 0 Å². The third-order valence-electron chi connectivity index (χ3n) is 4.09. The van der Waals surface area contributed by atoms with Crippen molar-refractivity contribution in [1.82, 2.24) is 13.9 Å². The van der Waals surface area contributed by atoms with E-state index in [1.807, 2.05) is 0 Å². The van der Waals surface area contributed by atoms with Crippen molar-refractivity contribution in [2.75, 3.05) is 33.7 Å². The van der Waals surface area contributed by atoms with Gasteiger partial charge in [-0.2, -0.15) is 17.0 Å². The fourth-order valence-electron chi connectivity index (χ4n) is 2.58. The number of nitrogens with zero attached hydrogens (tertiary/aromatic N) is 2. The Kier molecular flexibility index (Phi) is 6.50. The van der Waals surface area contributed by atoms with E-state index in [-0.39, 0.29) is 11.8 Å². The van der Waals surface area contributed by atoms with Gasteiger partial charge in [-0.05, 0) is 37.0 Å². The smallest absolute Gasteiger partial charge is 0.281 e. The number of carbonyl (C=O) groups is 1. The number of benzene rings is 1. The van der Waals surface area contributed by atoms with Gasteiger partial charge in [-0.1, -0.05) is 23.2 Å². The van der Waals surface area contributed by atoms with E-state index in [9.17, 15) is 13.2 Å². The van der Waals surface area contributed by atoms with Crippen LogP contribution in [0.15, 0.2) is 18.2 Å². The molecular weight excluding hydrogens is 373 g/mol. The molecule has 1 aromatic rings. The summed E-state index contributed by atoms with van der Waals surface area (Å²) in [6.45, 7) is 1.40. The van der Waals surface area contributed by atoms with Crippen LogP contribution < -0.4 is 5.32 Å². The maximum Gasteiger partial charge on any atom is 0.281 e. The van der Waals surface area contributed by atoms with Crippen LogP contribution in [0.3, 0.4) is 0 Å². The van der Waals surface area contributed by atoms with E-state index in [2.05, 4.69) is 5.32 Å². The molecule has 0 aliphatic carbocycles. The predicted molar refractivity (Wildman–Crippen MR) is 95.7 cm³/mol. The topological polar surface area (TPSA) is 69.7 Å². The molecule has 0 spiro atoms. The molecule has 2 rings (SSSR count). The summed E-state index contributed by atoms with van der Waals surface area (Å²) in [5.41, 5.74) is 0.344. The molecule has 1 aliphatic rings. The van der Waals surface area contributed by atoms with Crippen LogP contribution >= 0.6 is 23.2 Å². The van der Waals surface area contributed by atoms with E-state index in [1.54, 1.807) is 12.1 Å². The molecule has 0 radical (unpaired) electrons. The SMILES string of the molecule is CN(C)S(=O)(=O)N1CCC(CNC(=O)c2cc(Cl)ccc2Cl)CC1. The summed E-state index contributed by atoms with van der Waals surface area (Å²) in [5, 5.41) is 3.65. The van der Waals surface area contributed by atoms with Crippen LogP contribution in [0, 0.1) is 5.92 Å². The van der Waals surface area contributed by atoms with Gasteiger partial charge in [-0.25, -0.2) is 0 Å². The minimum absolute atomic E-state index is 0.237. The first-order chi connectivity index (χ1) is 11.2. The van der Waals surface area contributed by atoms with E-state index in [1.165, 1.54) is 28.8 Å². The molecule has 134 valence electrons. The van der Waals surface area contributed by atoms with E-state index >= 15 is 0 Å². The Labute approximate surface area is 152 Å². The van der Waals surface area contributed by atoms with Crippen molar-refractivity contribution < 1.29 is 13.2 Å². The lowest BCUT2D eigenvalue weighted by Crippen LogP contribution is -2.45. The van der Waals surface area contributed by atoms with Crippen molar-refractivity contribution >= 4 is 39.3 Å². The van der Waals surface area contributed by atoms with Gasteiger partial charge in [-0.15, -0.1) is 0 Å². The molecule has 1 fully saturated rings. The number of nitrogens with one attached hydrogen (secondary N) is 1. The largest absolute Gasteiger partial charge is 0.352 e. The van der Waals surface area contributed by atoms with Crippen molar-refractivity contribution in [3.05, 3.63) is 33.8 Å². The zero-order chi connectivity index (χ0) is 17.9. The van der Waals surface area contributed by atoms with Crippen LogP contribution in [0.25, 0.3) is 0 Å². The number of halogens is 2. The third kappa shape index (κ3) is 4.61. The van der Waals surface area contributed by atoms with Gasteiger partial charge in [0.15, 0.2) is 0 Å². The molecule has 0 saturated carbocycles. The fourth-order valence-corrected chi connectivity index (χ4v) is 4.09. The van der Waals surface area contributed by atoms with Gasteiger partial charge in [-0.3, -0.25) is 4.79 Å². The van der Waals surface area contributed by atoms with E-state index in [0.717, 1.165) is 0 Å². The molecular formula is C15H21Cl2N3O3S. The van der Waals surface area contributed by atoms with Crippen LogP contribution in [0.4, 0.5) is 0 Å². The second-order valence-electron chi connectivity index (χ2n) is 5.97. The Hall–Kier alpha value is -0.860. The summed E-state index contributed by atoms with van der Waals surface area (Å²) >= 11 is 11.9. The minimum Gasteiger partial charge on any atom is -0.352 e. The standard InChI is InChI=1S/C15H21Cl2N3O3S/c1-19(2)24(22,23)20-7-5-11(6-8-20)10-18-15(21)13-9-12(16)3-4-14(13)17/h3-4,9,11H,5-8,10H2,1-2H3,(H,18,21). The molecule has 1 saturated heterocycles. The van der Waals surface area contributed by atoms with Gasteiger partial charge in [0, 0.05) is 38.8 Å². The van der Waals surface area contributed by atoms with Crippen molar-refractivity contribution in [2.24, 2.45) is 5.92 Å². The average Bonchev–Trinajstić information content (AvgIpc) is 2.55. The Morgan fingerprint density at radius 3 is 2.50 bits per heavy atom. The lowest BCUT2D eigenvalue weighted by molar-refractivity contribution is 0.0941. The van der Waals surface area contributed by atoms with Gasteiger partial charge >= 0.3 is 0 Å². The van der Waals surface area contributed by atoms with E-state index in [0.29, 0.717) is 48.1 Å². The number of rotatable bonds is 5. The molecule has 0 unspecified atom stereocenters. The van der Waals surface area contributed by atoms with Gasteiger partial charge in [0.2, 0.25) is 0 Å². The third-order valence-corrected chi connectivity index (χ3v) is 6.59. The Bertz CT molecular complexity index is 702. The fraction of sp³-hybridized carbons (Fsp3) is 0.533. The summed E-state index contributed by atoms with van der Waals surface area (Å²) in [6.07, 6.45) is 1.41. The van der Waals surface area contributed by atoms with Gasteiger partial charge in [0.05, 0.1) is 10.6 Å². The van der Waals surface area contributed by atoms with E-state index < -0.39 is 10.2 Å². The summed E-state index contributed by atoms with van der Waals surface area (Å²) < 4.78 is 26.8. The monoisotopic (exact) mass is 393 g/mol. The first-order valence-corrected chi connectivity index (χ1v) is 9.78. The predicted octanol–water partition coefficient (Wildman–Crippen LogP) is 2.24. The van der Waals surface area contributed by atoms with Crippen LogP contribution in [0.2, 0.25) is 10.0 Å². The highest BCUT2D eigenvalue weighted by molar-refractivity contribution is 7.86. The molecule has 1 amide bonds. The van der Waals surface area contributed by atoms with Crippen molar-refractivity contribution in [2.45, 2.75) is 12.8 Å². The number of amides is 1. The lowest BCUT2D eigenvalue weighted by Gasteiger charge is -2.32. The number of hydrogen-bond donors (Lipinski definition) is 1.